The molecule has 6 atom stereocenters. The minimum Gasteiger partial charge on any atom is -0.384 e. The Kier molecular flexibility index (Phi) is 15.5. The number of hydrogen-bond acceptors (Lipinski definition) is 9. The van der Waals surface area contributed by atoms with Crippen LogP contribution in [0.15, 0.2) is 0 Å². The molecule has 3 heterocycles. The predicted octanol–water partition coefficient (Wildman–Crippen LogP) is 3.98. The van der Waals surface area contributed by atoms with E-state index in [0.29, 0.717) is 26.4 Å². The molecule has 0 spiro atoms. The van der Waals surface area contributed by atoms with E-state index in [1.807, 2.05) is 9.96 Å². The smallest absolute Gasteiger partial charge is 0.219 e. The lowest BCUT2D eigenvalue weighted by Crippen LogP contribution is -2.55. The Morgan fingerprint density at radius 1 is 0.897 bits per heavy atom. The molecule has 0 aliphatic carbocycles. The Labute approximate surface area is 237 Å². The molecule has 0 aromatic carbocycles. The lowest BCUT2D eigenvalue weighted by Gasteiger charge is -2.39. The van der Waals surface area contributed by atoms with Crippen molar-refractivity contribution in [2.75, 3.05) is 46.1 Å². The molecular weight excluding hydrogens is 500 g/mol. The summed E-state index contributed by atoms with van der Waals surface area (Å²) in [6.45, 7) is 7.81. The summed E-state index contributed by atoms with van der Waals surface area (Å²) >= 11 is 0. The minimum absolute atomic E-state index is 0.0446. The number of likely N-dealkylation sites (tertiary alicyclic amines) is 1. The summed E-state index contributed by atoms with van der Waals surface area (Å²) in [6.07, 6.45) is 13.4. The van der Waals surface area contributed by atoms with Gasteiger partial charge in [-0.2, -0.15) is 5.06 Å². The summed E-state index contributed by atoms with van der Waals surface area (Å²) in [7, 11) is 0. The summed E-state index contributed by atoms with van der Waals surface area (Å²) in [4.78, 5) is 8.30. The van der Waals surface area contributed by atoms with Gasteiger partial charge in [0.15, 0.2) is 0 Å². The predicted molar refractivity (Wildman–Crippen MR) is 151 cm³/mol. The van der Waals surface area contributed by atoms with E-state index in [2.05, 4.69) is 13.8 Å². The molecule has 3 N–H and O–H groups in total. The number of unbranched alkanes of at least 4 members (excludes halogenated alkanes) is 9. The molecule has 9 nitrogen and oxygen atoms in total. The van der Waals surface area contributed by atoms with E-state index in [-0.39, 0.29) is 12.6 Å². The van der Waals surface area contributed by atoms with Crippen molar-refractivity contribution in [2.24, 2.45) is 0 Å². The molecule has 3 rings (SSSR count). The van der Waals surface area contributed by atoms with Crippen molar-refractivity contribution < 1.29 is 34.4 Å². The van der Waals surface area contributed by atoms with E-state index < -0.39 is 30.3 Å². The van der Waals surface area contributed by atoms with Crippen LogP contribution in [0, 0.1) is 0 Å². The highest BCUT2D eigenvalue weighted by molar-refractivity contribution is 4.99. The van der Waals surface area contributed by atoms with Gasteiger partial charge in [0.1, 0.15) is 31.1 Å². The average molecular weight is 559 g/mol. The van der Waals surface area contributed by atoms with E-state index in [1.165, 1.54) is 51.4 Å². The molecule has 0 radical (unpaired) electrons. The van der Waals surface area contributed by atoms with Crippen LogP contribution in [0.3, 0.4) is 0 Å². The number of aliphatic hydroxyl groups excluding tert-OH is 2. The van der Waals surface area contributed by atoms with Gasteiger partial charge >= 0.3 is 0 Å². The zero-order valence-electron chi connectivity index (χ0n) is 24.8. The highest BCUT2D eigenvalue weighted by Crippen LogP contribution is 2.36. The van der Waals surface area contributed by atoms with E-state index in [4.69, 9.17) is 19.0 Å². The lowest BCUT2D eigenvalue weighted by molar-refractivity contribution is -0.280. The van der Waals surface area contributed by atoms with Crippen molar-refractivity contribution in [2.45, 2.75) is 147 Å². The van der Waals surface area contributed by atoms with Crippen LogP contribution < -0.4 is 0 Å². The number of aliphatic hydroxyl groups is 3. The second-order valence-electron chi connectivity index (χ2n) is 11.8. The third kappa shape index (κ3) is 10.5. The van der Waals surface area contributed by atoms with Crippen LogP contribution in [-0.4, -0.2) is 108 Å². The first kappa shape index (κ1) is 33.1. The van der Waals surface area contributed by atoms with Gasteiger partial charge in [0.25, 0.3) is 0 Å². The van der Waals surface area contributed by atoms with Crippen LogP contribution in [0.5, 0.6) is 0 Å². The van der Waals surface area contributed by atoms with Gasteiger partial charge < -0.3 is 29.5 Å². The molecule has 0 saturated carbocycles. The molecular formula is C30H58N2O7. The quantitative estimate of drug-likeness (QED) is 0.216. The Morgan fingerprint density at radius 3 is 2.18 bits per heavy atom. The highest BCUT2D eigenvalue weighted by atomic mass is 16.7. The standard InChI is InChI=1S/C30H58N2O7/c1-3-5-6-7-8-9-10-11-14-17-21-37-24-30(35)28(33)26(39-32-20-22-36-23-25(32)4-2)27(38-30)29(34)31-18-15-12-13-16-19-31/h25-29,33-35H,3-24H2,1-2H3/t25?,26-,27-,28+,29?,30-/m1/s1. The summed E-state index contributed by atoms with van der Waals surface area (Å²) in [5.41, 5.74) is 0. The van der Waals surface area contributed by atoms with Gasteiger partial charge in [-0.25, -0.2) is 0 Å². The van der Waals surface area contributed by atoms with Crippen molar-refractivity contribution >= 4 is 0 Å². The molecule has 3 saturated heterocycles. The SMILES string of the molecule is CCCCCCCCCCCCOC[C@@]1(O)O[C@@H](C(O)N2CCCCCC2)[C@@H](ON2CCOCC2CC)[C@@H]1O. The van der Waals surface area contributed by atoms with Crippen molar-refractivity contribution in [3.05, 3.63) is 0 Å². The Hall–Kier alpha value is -0.360. The van der Waals surface area contributed by atoms with Crippen LogP contribution in [0.1, 0.15) is 110 Å². The molecule has 230 valence electrons. The molecule has 3 fully saturated rings. The molecule has 39 heavy (non-hydrogen) atoms. The second-order valence-corrected chi connectivity index (χ2v) is 11.8. The lowest BCUT2D eigenvalue weighted by atomic mass is 10.0. The first-order chi connectivity index (χ1) is 19.0. The number of nitrogens with zero attached hydrogens (tertiary/aromatic N) is 2. The van der Waals surface area contributed by atoms with Gasteiger partial charge in [0, 0.05) is 26.2 Å². The van der Waals surface area contributed by atoms with Crippen molar-refractivity contribution in [1.29, 1.82) is 0 Å². The van der Waals surface area contributed by atoms with Gasteiger partial charge in [-0.05, 0) is 25.7 Å². The molecule has 0 amide bonds. The van der Waals surface area contributed by atoms with Gasteiger partial charge in [-0.3, -0.25) is 9.74 Å². The number of hydroxylamine groups is 2. The minimum atomic E-state index is -1.94. The van der Waals surface area contributed by atoms with Gasteiger partial charge in [-0.15, -0.1) is 0 Å². The summed E-state index contributed by atoms with van der Waals surface area (Å²) < 4.78 is 17.5. The maximum Gasteiger partial charge on any atom is 0.219 e. The van der Waals surface area contributed by atoms with E-state index in [9.17, 15) is 15.3 Å². The fourth-order valence-electron chi connectivity index (χ4n) is 6.01. The molecule has 0 bridgehead atoms. The number of ether oxygens (including phenoxy) is 3. The number of hydrogen-bond donors (Lipinski definition) is 3. The number of rotatable bonds is 18. The Balaban J connectivity index is 1.49. The van der Waals surface area contributed by atoms with Crippen LogP contribution in [0.4, 0.5) is 0 Å². The third-order valence-electron chi connectivity index (χ3n) is 8.60. The molecule has 2 unspecified atom stereocenters. The molecule has 0 aromatic heterocycles. The van der Waals surface area contributed by atoms with Crippen molar-refractivity contribution in [3.8, 4) is 0 Å². The van der Waals surface area contributed by atoms with Crippen LogP contribution in [0.25, 0.3) is 0 Å². The van der Waals surface area contributed by atoms with Crippen molar-refractivity contribution in [1.82, 2.24) is 9.96 Å². The van der Waals surface area contributed by atoms with Crippen LogP contribution >= 0.6 is 0 Å². The van der Waals surface area contributed by atoms with E-state index in [1.54, 1.807) is 0 Å². The molecule has 3 aliphatic heterocycles. The Bertz CT molecular complexity index is 636. The molecule has 3 aliphatic rings. The van der Waals surface area contributed by atoms with Gasteiger partial charge in [0.2, 0.25) is 5.79 Å². The zero-order chi connectivity index (χ0) is 27.9. The summed E-state index contributed by atoms with van der Waals surface area (Å²) in [5, 5.41) is 35.8. The van der Waals surface area contributed by atoms with E-state index >= 15 is 0 Å². The second kappa shape index (κ2) is 18.2. The first-order valence-corrected chi connectivity index (χ1v) is 16.1. The zero-order valence-corrected chi connectivity index (χ0v) is 24.8. The van der Waals surface area contributed by atoms with Crippen LogP contribution in [0.2, 0.25) is 0 Å². The topological polar surface area (TPSA) is 104 Å². The monoisotopic (exact) mass is 558 g/mol. The fourth-order valence-corrected chi connectivity index (χ4v) is 6.01. The normalized spacial score (nSPS) is 31.9. The van der Waals surface area contributed by atoms with Crippen LogP contribution in [-0.2, 0) is 19.0 Å². The maximum absolute atomic E-state index is 11.4. The van der Waals surface area contributed by atoms with Gasteiger partial charge in [0.05, 0.1) is 19.3 Å². The van der Waals surface area contributed by atoms with Gasteiger partial charge in [-0.1, -0.05) is 84.5 Å². The maximum atomic E-state index is 11.4. The Morgan fingerprint density at radius 2 is 1.54 bits per heavy atom. The summed E-state index contributed by atoms with van der Waals surface area (Å²) in [6, 6.07) is 0.0446. The molecule has 9 heteroatoms. The third-order valence-corrected chi connectivity index (χ3v) is 8.60. The number of morpholine rings is 1. The summed E-state index contributed by atoms with van der Waals surface area (Å²) in [5.74, 6) is -1.94. The first-order valence-electron chi connectivity index (χ1n) is 16.1. The highest BCUT2D eigenvalue weighted by Gasteiger charge is 2.58. The van der Waals surface area contributed by atoms with Crippen molar-refractivity contribution in [3.63, 3.8) is 0 Å². The fraction of sp³-hybridized carbons (Fsp3) is 1.00. The molecule has 0 aromatic rings. The van der Waals surface area contributed by atoms with E-state index in [0.717, 1.165) is 58.0 Å². The average Bonchev–Trinajstić information content (AvgIpc) is 3.12. The largest absolute Gasteiger partial charge is 0.384 e.